The summed E-state index contributed by atoms with van der Waals surface area (Å²) in [6.07, 6.45) is 0.418. The van der Waals surface area contributed by atoms with Gasteiger partial charge in [-0.2, -0.15) is 18.4 Å². The number of aromatic nitrogens is 1. The fourth-order valence-corrected chi connectivity index (χ4v) is 5.71. The van der Waals surface area contributed by atoms with Crippen LogP contribution in [0.2, 0.25) is 0 Å². The summed E-state index contributed by atoms with van der Waals surface area (Å²) in [6.45, 7) is 1.03. The van der Waals surface area contributed by atoms with Gasteiger partial charge in [0.05, 0.1) is 22.9 Å². The first-order valence-corrected chi connectivity index (χ1v) is 13.7. The van der Waals surface area contributed by atoms with Crippen molar-refractivity contribution in [3.63, 3.8) is 0 Å². The number of fused-ring (bicyclic) bond motifs is 1. The maximum absolute atomic E-state index is 13.8. The third-order valence-corrected chi connectivity index (χ3v) is 7.86. The molecule has 0 radical (unpaired) electrons. The number of nitrogens with zero attached hydrogens (tertiary/aromatic N) is 4. The number of carbonyl (C=O) groups excluding carboxylic acids is 1. The second kappa shape index (κ2) is 12.2. The van der Waals surface area contributed by atoms with E-state index < -0.39 is 29.0 Å². The molecule has 3 aromatic rings. The number of aliphatic hydroxyl groups excluding tert-OH is 1. The van der Waals surface area contributed by atoms with Crippen molar-refractivity contribution in [2.75, 3.05) is 18.4 Å². The molecule has 1 saturated heterocycles. The molecule has 2 aliphatic rings. The predicted molar refractivity (Wildman–Crippen MR) is 151 cm³/mol. The smallest absolute Gasteiger partial charge is 0.391 e. The van der Waals surface area contributed by atoms with Gasteiger partial charge < -0.3 is 20.6 Å². The summed E-state index contributed by atoms with van der Waals surface area (Å²) in [5, 5.41) is 29.5. The van der Waals surface area contributed by atoms with E-state index in [0.717, 1.165) is 28.6 Å². The molecule has 13 heteroatoms. The van der Waals surface area contributed by atoms with E-state index in [4.69, 9.17) is 5.26 Å². The van der Waals surface area contributed by atoms with Crippen molar-refractivity contribution >= 4 is 45.9 Å². The Labute approximate surface area is 238 Å². The van der Waals surface area contributed by atoms with Crippen molar-refractivity contribution < 1.29 is 23.1 Å². The van der Waals surface area contributed by atoms with Crippen molar-refractivity contribution in [2.24, 2.45) is 4.99 Å². The predicted octanol–water partition coefficient (Wildman–Crippen LogP) is 4.10. The number of aliphatic imine (C=N–C) groups is 1. The van der Waals surface area contributed by atoms with Crippen molar-refractivity contribution in [1.29, 1.82) is 5.26 Å². The van der Waals surface area contributed by atoms with Crippen LogP contribution >= 0.6 is 11.8 Å². The third kappa shape index (κ3) is 6.79. The summed E-state index contributed by atoms with van der Waals surface area (Å²) in [7, 11) is 0. The monoisotopic (exact) mass is 581 g/mol. The molecule has 41 heavy (non-hydrogen) atoms. The molecule has 0 saturated carbocycles. The van der Waals surface area contributed by atoms with E-state index in [1.807, 2.05) is 36.4 Å². The van der Waals surface area contributed by atoms with Gasteiger partial charge in [-0.1, -0.05) is 24.3 Å². The van der Waals surface area contributed by atoms with Crippen LogP contribution in [0.1, 0.15) is 17.5 Å². The zero-order chi connectivity index (χ0) is 29.0. The van der Waals surface area contributed by atoms with Gasteiger partial charge in [0.15, 0.2) is 6.19 Å². The van der Waals surface area contributed by atoms with Gasteiger partial charge in [0.1, 0.15) is 5.25 Å². The Morgan fingerprint density at radius 1 is 1.24 bits per heavy atom. The molecular weight excluding hydrogens is 555 g/mol. The standard InChI is InChI=1S/C28H26F3N7O2S/c29-28(30,31)18-11-19(13-20(12-18)37-27(35-16-32)38-9-6-21(39)15-38)36-26(40)25-24(7-10-41-25)34-14-17-5-8-33-23-4-2-1-3-22(17)23/h1-5,7-8,10-13,21,24-25,34,39H,6,9,14-15H2,(H,35,37)(H,36,40). The van der Waals surface area contributed by atoms with Gasteiger partial charge in [-0.05, 0) is 47.7 Å². The number of carbonyl (C=O) groups is 1. The number of benzene rings is 2. The maximum atomic E-state index is 13.8. The largest absolute Gasteiger partial charge is 0.416 e. The Morgan fingerprint density at radius 3 is 2.83 bits per heavy atom. The van der Waals surface area contributed by atoms with Gasteiger partial charge in [0.2, 0.25) is 11.9 Å². The number of likely N-dealkylation sites (tertiary alicyclic amines) is 1. The van der Waals surface area contributed by atoms with Crippen molar-refractivity contribution in [2.45, 2.75) is 36.5 Å². The number of thioether (sulfide) groups is 1. The molecule has 2 aliphatic heterocycles. The topological polar surface area (TPSA) is 126 Å². The Morgan fingerprint density at radius 2 is 2.07 bits per heavy atom. The van der Waals surface area contributed by atoms with Crippen LogP contribution in [-0.4, -0.2) is 57.3 Å². The number of hydrogen-bond donors (Lipinski definition) is 4. The van der Waals surface area contributed by atoms with E-state index >= 15 is 0 Å². The minimum absolute atomic E-state index is 0.0177. The van der Waals surface area contributed by atoms with Gasteiger partial charge >= 0.3 is 6.18 Å². The van der Waals surface area contributed by atoms with Crippen LogP contribution in [0.3, 0.4) is 0 Å². The minimum atomic E-state index is -4.70. The maximum Gasteiger partial charge on any atom is 0.416 e. The van der Waals surface area contributed by atoms with Gasteiger partial charge in [-0.3, -0.25) is 15.1 Å². The molecule has 0 bridgehead atoms. The molecule has 212 valence electrons. The minimum Gasteiger partial charge on any atom is -0.391 e. The lowest BCUT2D eigenvalue weighted by molar-refractivity contribution is -0.137. The number of pyridine rings is 1. The summed E-state index contributed by atoms with van der Waals surface area (Å²) in [4.78, 5) is 23.4. The van der Waals surface area contributed by atoms with Gasteiger partial charge in [-0.25, -0.2) is 4.99 Å². The Balaban J connectivity index is 1.34. The highest BCUT2D eigenvalue weighted by atomic mass is 32.2. The highest BCUT2D eigenvalue weighted by Gasteiger charge is 2.33. The first-order chi connectivity index (χ1) is 19.7. The first-order valence-electron chi connectivity index (χ1n) is 12.8. The fraction of sp³-hybridized carbons (Fsp3) is 0.286. The number of alkyl halides is 3. The first kappa shape index (κ1) is 28.4. The van der Waals surface area contributed by atoms with E-state index in [9.17, 15) is 23.1 Å². The van der Waals surface area contributed by atoms with Crippen LogP contribution in [0.25, 0.3) is 10.9 Å². The average molecular weight is 582 g/mol. The number of rotatable bonds is 6. The molecule has 4 N–H and O–H groups in total. The molecule has 2 aromatic carbocycles. The molecule has 3 atom stereocenters. The Bertz CT molecular complexity index is 1530. The zero-order valence-electron chi connectivity index (χ0n) is 21.6. The second-order valence-electron chi connectivity index (χ2n) is 9.60. The van der Waals surface area contributed by atoms with Crippen LogP contribution in [0, 0.1) is 11.5 Å². The number of guanidine groups is 1. The van der Waals surface area contributed by atoms with Gasteiger partial charge in [-0.15, -0.1) is 11.8 Å². The number of anilines is 1. The SMILES string of the molecule is N#CNC(=Nc1cc(NC(=O)C2SC=CC2NCc2ccnc3ccccc23)cc(C(F)(F)F)c1)N1CCC(O)C1. The number of halogens is 3. The molecule has 9 nitrogen and oxygen atoms in total. The van der Waals surface area contributed by atoms with Crippen molar-refractivity contribution in [1.82, 2.24) is 20.5 Å². The molecule has 1 amide bonds. The Hall–Kier alpha value is -4.12. The summed E-state index contributed by atoms with van der Waals surface area (Å²) in [5.41, 5.74) is 0.684. The van der Waals surface area contributed by atoms with Crippen LogP contribution in [0.5, 0.6) is 0 Å². The number of β-amino-alcohol motifs (C(OH)–C–C–N with tert-alkyl or cyclic N) is 1. The van der Waals surface area contributed by atoms with E-state index in [-0.39, 0.29) is 29.9 Å². The van der Waals surface area contributed by atoms with Crippen LogP contribution < -0.4 is 16.0 Å². The van der Waals surface area contributed by atoms with E-state index in [1.165, 1.54) is 17.8 Å². The van der Waals surface area contributed by atoms with E-state index in [0.29, 0.717) is 19.5 Å². The highest BCUT2D eigenvalue weighted by molar-refractivity contribution is 8.03. The lowest BCUT2D eigenvalue weighted by Gasteiger charge is -2.21. The number of amides is 1. The van der Waals surface area contributed by atoms with Crippen molar-refractivity contribution in [3.8, 4) is 6.19 Å². The lowest BCUT2D eigenvalue weighted by Crippen LogP contribution is -2.41. The highest BCUT2D eigenvalue weighted by Crippen LogP contribution is 2.35. The van der Waals surface area contributed by atoms with Crippen LogP contribution in [0.15, 0.2) is 71.2 Å². The number of nitrogens with one attached hydrogen (secondary N) is 3. The summed E-state index contributed by atoms with van der Waals surface area (Å²) < 4.78 is 41.3. The number of aliphatic hydroxyl groups is 1. The molecule has 3 heterocycles. The molecule has 3 unspecified atom stereocenters. The van der Waals surface area contributed by atoms with Crippen LogP contribution in [0.4, 0.5) is 24.5 Å². The molecular formula is C28H26F3N7O2S. The Kier molecular flexibility index (Phi) is 8.44. The number of nitriles is 1. The molecule has 0 aliphatic carbocycles. The lowest BCUT2D eigenvalue weighted by atomic mass is 10.1. The summed E-state index contributed by atoms with van der Waals surface area (Å²) >= 11 is 1.27. The molecule has 1 aromatic heterocycles. The third-order valence-electron chi connectivity index (χ3n) is 6.74. The second-order valence-corrected chi connectivity index (χ2v) is 10.6. The number of para-hydroxylation sites is 1. The normalized spacial score (nSPS) is 20.8. The van der Waals surface area contributed by atoms with Gasteiger partial charge in [0.25, 0.3) is 0 Å². The summed E-state index contributed by atoms with van der Waals surface area (Å²) in [6, 6.07) is 12.3. The van der Waals surface area contributed by atoms with Crippen LogP contribution in [-0.2, 0) is 17.5 Å². The summed E-state index contributed by atoms with van der Waals surface area (Å²) in [5.74, 6) is -0.450. The van der Waals surface area contributed by atoms with E-state index in [1.54, 1.807) is 22.7 Å². The molecule has 5 rings (SSSR count). The molecule has 1 fully saturated rings. The average Bonchev–Trinajstić information content (AvgIpc) is 3.60. The number of hydrogen-bond acceptors (Lipinski definition) is 7. The van der Waals surface area contributed by atoms with Gasteiger partial charge in [0, 0.05) is 42.9 Å². The fourth-order valence-electron chi connectivity index (χ4n) is 4.75. The van der Waals surface area contributed by atoms with E-state index in [2.05, 4.69) is 25.9 Å². The van der Waals surface area contributed by atoms with Crippen molar-refractivity contribution in [3.05, 3.63) is 77.3 Å². The zero-order valence-corrected chi connectivity index (χ0v) is 22.4. The molecule has 0 spiro atoms. The quantitative estimate of drug-likeness (QED) is 0.148.